The van der Waals surface area contributed by atoms with Gasteiger partial charge in [-0.2, -0.15) is 11.8 Å². The zero-order valence-corrected chi connectivity index (χ0v) is 14.0. The van der Waals surface area contributed by atoms with E-state index >= 15 is 0 Å². The molecule has 0 spiro atoms. The lowest BCUT2D eigenvalue weighted by molar-refractivity contribution is -0.150. The summed E-state index contributed by atoms with van der Waals surface area (Å²) in [6.07, 6.45) is 2.04. The molecule has 2 rings (SSSR count). The van der Waals surface area contributed by atoms with Gasteiger partial charge in [0, 0.05) is 29.9 Å². The zero-order chi connectivity index (χ0) is 15.2. The summed E-state index contributed by atoms with van der Waals surface area (Å²) in [5, 5.41) is 3.12. The minimum Gasteiger partial charge on any atom is -0.467 e. The predicted octanol–water partition coefficient (Wildman–Crippen LogP) is 2.24. The first-order valence-electron chi connectivity index (χ1n) is 6.98. The summed E-state index contributed by atoms with van der Waals surface area (Å²) in [6, 6.07) is -0.381. The van der Waals surface area contributed by atoms with E-state index in [1.54, 1.807) is 28.0 Å². The van der Waals surface area contributed by atoms with E-state index in [1.807, 2.05) is 6.92 Å². The molecule has 1 amide bonds. The molecule has 1 aliphatic rings. The highest BCUT2D eigenvalue weighted by molar-refractivity contribution is 7.98. The van der Waals surface area contributed by atoms with Crippen LogP contribution in [0.1, 0.15) is 30.0 Å². The number of methoxy groups -OCH3 is 1. The topological polar surface area (TPSA) is 59.5 Å². The number of thiazole rings is 1. The van der Waals surface area contributed by atoms with Crippen LogP contribution in [0.25, 0.3) is 0 Å². The molecule has 1 fully saturated rings. The summed E-state index contributed by atoms with van der Waals surface area (Å²) in [6.45, 7) is 2.65. The lowest BCUT2D eigenvalue weighted by Gasteiger charge is -2.22. The number of nitrogens with zero attached hydrogens (tertiary/aromatic N) is 2. The molecule has 21 heavy (non-hydrogen) atoms. The van der Waals surface area contributed by atoms with E-state index in [4.69, 9.17) is 4.74 Å². The second-order valence-corrected chi connectivity index (χ2v) is 7.10. The fraction of sp³-hybridized carbons (Fsp3) is 0.643. The van der Waals surface area contributed by atoms with Crippen LogP contribution in [-0.2, 0) is 20.1 Å². The number of rotatable bonds is 6. The second-order valence-electron chi connectivity index (χ2n) is 4.93. The van der Waals surface area contributed by atoms with Gasteiger partial charge in [-0.05, 0) is 19.8 Å². The molecule has 1 aromatic heterocycles. The third-order valence-corrected chi connectivity index (χ3v) is 5.24. The molecular weight excluding hydrogens is 308 g/mol. The quantitative estimate of drug-likeness (QED) is 0.592. The number of aromatic nitrogens is 1. The van der Waals surface area contributed by atoms with Crippen molar-refractivity contribution in [3.05, 3.63) is 16.1 Å². The Hall–Kier alpha value is -1.08. The minimum atomic E-state index is -0.381. The Morgan fingerprint density at radius 2 is 2.38 bits per heavy atom. The molecule has 116 valence electrons. The molecular formula is C14H20N2O3S2. The van der Waals surface area contributed by atoms with Crippen LogP contribution in [0, 0.1) is 6.92 Å². The van der Waals surface area contributed by atoms with Gasteiger partial charge >= 0.3 is 5.97 Å². The molecule has 0 aliphatic carbocycles. The van der Waals surface area contributed by atoms with Gasteiger partial charge in [-0.15, -0.1) is 11.3 Å². The van der Waals surface area contributed by atoms with E-state index in [9.17, 15) is 9.59 Å². The molecule has 0 saturated carbocycles. The Balaban J connectivity index is 1.72. The molecule has 1 atom stereocenters. The molecule has 2 heterocycles. The Kier molecular flexibility index (Phi) is 6.05. The van der Waals surface area contributed by atoms with Gasteiger partial charge in [-0.25, -0.2) is 9.78 Å². The summed E-state index contributed by atoms with van der Waals surface area (Å²) in [5.74, 6) is 1.33. The van der Waals surface area contributed by atoms with Crippen molar-refractivity contribution in [3.63, 3.8) is 0 Å². The maximum Gasteiger partial charge on any atom is 0.328 e. The highest BCUT2D eigenvalue weighted by atomic mass is 32.2. The second kappa shape index (κ2) is 7.79. The van der Waals surface area contributed by atoms with Crippen molar-refractivity contribution in [1.29, 1.82) is 0 Å². The summed E-state index contributed by atoms with van der Waals surface area (Å²) in [4.78, 5) is 29.9. The van der Waals surface area contributed by atoms with E-state index in [2.05, 4.69) is 10.4 Å². The predicted molar refractivity (Wildman–Crippen MR) is 84.4 cm³/mol. The number of likely N-dealkylation sites (tertiary alicyclic amines) is 1. The van der Waals surface area contributed by atoms with Gasteiger partial charge in [-0.3, -0.25) is 4.79 Å². The van der Waals surface area contributed by atoms with Crippen LogP contribution in [0.4, 0.5) is 0 Å². The SMILES string of the molecule is COC(=O)C1CCCN1C(=O)CCSCc1csc(C)n1. The molecule has 1 unspecified atom stereocenters. The normalized spacial score (nSPS) is 18.0. The molecule has 1 saturated heterocycles. The fourth-order valence-electron chi connectivity index (χ4n) is 2.40. The number of ether oxygens (including phenoxy) is 1. The first-order valence-corrected chi connectivity index (χ1v) is 9.01. The molecule has 0 radical (unpaired) electrons. The van der Waals surface area contributed by atoms with Crippen LogP contribution in [0.3, 0.4) is 0 Å². The van der Waals surface area contributed by atoms with E-state index in [0.29, 0.717) is 19.4 Å². The van der Waals surface area contributed by atoms with Gasteiger partial charge in [0.1, 0.15) is 6.04 Å². The fourth-order valence-corrected chi connectivity index (χ4v) is 3.94. The van der Waals surface area contributed by atoms with Crippen molar-refractivity contribution >= 4 is 35.0 Å². The monoisotopic (exact) mass is 328 g/mol. The molecule has 0 bridgehead atoms. The lowest BCUT2D eigenvalue weighted by atomic mass is 10.2. The first kappa shape index (κ1) is 16.3. The number of hydrogen-bond acceptors (Lipinski definition) is 6. The summed E-state index contributed by atoms with van der Waals surface area (Å²) >= 11 is 3.35. The van der Waals surface area contributed by atoms with Gasteiger partial charge in [0.25, 0.3) is 0 Å². The van der Waals surface area contributed by atoms with Crippen LogP contribution in [-0.4, -0.2) is 47.2 Å². The van der Waals surface area contributed by atoms with Crippen molar-refractivity contribution in [2.75, 3.05) is 19.4 Å². The Morgan fingerprint density at radius 3 is 3.05 bits per heavy atom. The average molecular weight is 328 g/mol. The minimum absolute atomic E-state index is 0.0462. The van der Waals surface area contributed by atoms with Crippen molar-refractivity contribution in [2.45, 2.75) is 38.0 Å². The largest absolute Gasteiger partial charge is 0.467 e. The molecule has 1 aliphatic heterocycles. The van der Waals surface area contributed by atoms with Crippen molar-refractivity contribution in [2.24, 2.45) is 0 Å². The van der Waals surface area contributed by atoms with E-state index in [0.717, 1.165) is 28.6 Å². The average Bonchev–Trinajstić information content (AvgIpc) is 3.11. The molecule has 0 aromatic carbocycles. The summed E-state index contributed by atoms with van der Waals surface area (Å²) < 4.78 is 4.76. The van der Waals surface area contributed by atoms with Gasteiger partial charge in [0.2, 0.25) is 5.91 Å². The van der Waals surface area contributed by atoms with Crippen molar-refractivity contribution in [1.82, 2.24) is 9.88 Å². The standard InChI is InChI=1S/C14H20N2O3S2/c1-10-15-11(9-21-10)8-20-7-5-13(17)16-6-3-4-12(16)14(18)19-2/h9,12H,3-8H2,1-2H3. The first-order chi connectivity index (χ1) is 10.1. The number of thioether (sulfide) groups is 1. The number of carbonyl (C=O) groups excluding carboxylic acids is 2. The zero-order valence-electron chi connectivity index (χ0n) is 12.3. The number of hydrogen-bond donors (Lipinski definition) is 0. The van der Waals surface area contributed by atoms with E-state index < -0.39 is 0 Å². The Morgan fingerprint density at radius 1 is 1.57 bits per heavy atom. The summed E-state index contributed by atoms with van der Waals surface area (Å²) in [5.41, 5.74) is 1.07. The van der Waals surface area contributed by atoms with E-state index in [1.165, 1.54) is 7.11 Å². The van der Waals surface area contributed by atoms with Gasteiger partial charge in [-0.1, -0.05) is 0 Å². The highest BCUT2D eigenvalue weighted by Crippen LogP contribution is 2.21. The maximum absolute atomic E-state index is 12.2. The number of aryl methyl sites for hydroxylation is 1. The van der Waals surface area contributed by atoms with Crippen LogP contribution >= 0.6 is 23.1 Å². The van der Waals surface area contributed by atoms with Crippen LogP contribution in [0.15, 0.2) is 5.38 Å². The van der Waals surface area contributed by atoms with Gasteiger partial charge in [0.15, 0.2) is 0 Å². The molecule has 0 N–H and O–H groups in total. The molecule has 5 nitrogen and oxygen atoms in total. The third kappa shape index (κ3) is 4.44. The smallest absolute Gasteiger partial charge is 0.328 e. The lowest BCUT2D eigenvalue weighted by Crippen LogP contribution is -2.41. The number of carbonyl (C=O) groups is 2. The number of amides is 1. The van der Waals surface area contributed by atoms with Crippen molar-refractivity contribution in [3.8, 4) is 0 Å². The Labute approximate surface area is 133 Å². The van der Waals surface area contributed by atoms with Crippen LogP contribution < -0.4 is 0 Å². The van der Waals surface area contributed by atoms with Crippen molar-refractivity contribution < 1.29 is 14.3 Å². The maximum atomic E-state index is 12.2. The Bertz CT molecular complexity index is 504. The van der Waals surface area contributed by atoms with E-state index in [-0.39, 0.29) is 17.9 Å². The molecule has 7 heteroatoms. The van der Waals surface area contributed by atoms with Gasteiger partial charge < -0.3 is 9.64 Å². The molecule has 1 aromatic rings. The van der Waals surface area contributed by atoms with Crippen LogP contribution in [0.2, 0.25) is 0 Å². The van der Waals surface area contributed by atoms with Gasteiger partial charge in [0.05, 0.1) is 17.8 Å². The highest BCUT2D eigenvalue weighted by Gasteiger charge is 2.34. The number of esters is 1. The summed E-state index contributed by atoms with van der Waals surface area (Å²) in [7, 11) is 1.37. The van der Waals surface area contributed by atoms with Crippen LogP contribution in [0.5, 0.6) is 0 Å². The third-order valence-electron chi connectivity index (χ3n) is 3.42.